The Balaban J connectivity index is 2.81. The quantitative estimate of drug-likeness (QED) is 0.526. The Labute approximate surface area is 104 Å². The van der Waals surface area contributed by atoms with Gasteiger partial charge in [0.25, 0.3) is 0 Å². The molecule has 0 aliphatic rings. The molecule has 2 heteroatoms. The van der Waals surface area contributed by atoms with Gasteiger partial charge in [0.2, 0.25) is 0 Å². The summed E-state index contributed by atoms with van der Waals surface area (Å²) in [4.78, 5) is 11.5. The summed E-state index contributed by atoms with van der Waals surface area (Å²) in [5, 5.41) is 0. The van der Waals surface area contributed by atoms with E-state index in [0.29, 0.717) is 17.9 Å². The van der Waals surface area contributed by atoms with Crippen molar-refractivity contribution in [2.24, 2.45) is 0 Å². The third-order valence-electron chi connectivity index (χ3n) is 2.79. The molecule has 0 radical (unpaired) electrons. The van der Waals surface area contributed by atoms with Crippen LogP contribution in [0.5, 0.6) is 5.75 Å². The zero-order valence-corrected chi connectivity index (χ0v) is 11.1. The largest absolute Gasteiger partial charge is 0.493 e. The second kappa shape index (κ2) is 7.10. The number of aryl methyl sites for hydroxylation is 1. The van der Waals surface area contributed by atoms with Crippen LogP contribution in [0.2, 0.25) is 0 Å². The van der Waals surface area contributed by atoms with Crippen molar-refractivity contribution < 1.29 is 9.53 Å². The number of ketones is 1. The van der Waals surface area contributed by atoms with Gasteiger partial charge in [-0.05, 0) is 44.4 Å². The average molecular weight is 234 g/mol. The molecule has 0 bridgehead atoms. The average Bonchev–Trinajstić information content (AvgIpc) is 2.31. The second-order valence-electron chi connectivity index (χ2n) is 4.28. The molecular weight excluding hydrogens is 212 g/mol. The minimum absolute atomic E-state index is 0.0748. The normalized spacial score (nSPS) is 10.3. The molecule has 94 valence electrons. The Bertz CT molecular complexity index is 369. The zero-order chi connectivity index (χ0) is 12.7. The van der Waals surface area contributed by atoms with Crippen molar-refractivity contribution in [1.82, 2.24) is 0 Å². The molecule has 0 heterocycles. The van der Waals surface area contributed by atoms with Crippen molar-refractivity contribution in [3.05, 3.63) is 29.3 Å². The number of hydrogen-bond donors (Lipinski definition) is 0. The first-order valence-electron chi connectivity index (χ1n) is 6.45. The van der Waals surface area contributed by atoms with Gasteiger partial charge in [-0.2, -0.15) is 0 Å². The molecule has 17 heavy (non-hydrogen) atoms. The lowest BCUT2D eigenvalue weighted by molar-refractivity contribution is 0.101. The first-order valence-corrected chi connectivity index (χ1v) is 6.45. The predicted octanol–water partition coefficient (Wildman–Crippen LogP) is 4.02. The lowest BCUT2D eigenvalue weighted by atomic mass is 10.0. The Kier molecular flexibility index (Phi) is 5.75. The summed E-state index contributed by atoms with van der Waals surface area (Å²) in [6, 6.07) is 5.96. The van der Waals surface area contributed by atoms with Gasteiger partial charge >= 0.3 is 0 Å². The summed E-state index contributed by atoms with van der Waals surface area (Å²) in [6.45, 7) is 6.31. The van der Waals surface area contributed by atoms with E-state index in [9.17, 15) is 4.79 Å². The fourth-order valence-corrected chi connectivity index (χ4v) is 1.87. The topological polar surface area (TPSA) is 26.3 Å². The van der Waals surface area contributed by atoms with Gasteiger partial charge in [0.05, 0.1) is 12.2 Å². The van der Waals surface area contributed by atoms with E-state index in [1.54, 1.807) is 6.92 Å². The molecule has 0 aromatic heterocycles. The number of hydrogen-bond acceptors (Lipinski definition) is 2. The summed E-state index contributed by atoms with van der Waals surface area (Å²) < 4.78 is 5.46. The van der Waals surface area contributed by atoms with Crippen LogP contribution in [-0.4, -0.2) is 12.4 Å². The predicted molar refractivity (Wildman–Crippen MR) is 70.8 cm³/mol. The van der Waals surface area contributed by atoms with Gasteiger partial charge < -0.3 is 4.74 Å². The number of carbonyl (C=O) groups is 1. The number of rotatable bonds is 7. The SMILES string of the molecule is CCCCCc1ccc(OCC)c(C(C)=O)c1. The summed E-state index contributed by atoms with van der Waals surface area (Å²) in [6.07, 6.45) is 4.68. The molecule has 0 aliphatic heterocycles. The van der Waals surface area contributed by atoms with Gasteiger partial charge in [0.1, 0.15) is 5.75 Å². The summed E-state index contributed by atoms with van der Waals surface area (Å²) in [5.41, 5.74) is 1.94. The number of carbonyl (C=O) groups excluding carboxylic acids is 1. The van der Waals surface area contributed by atoms with Gasteiger partial charge in [-0.25, -0.2) is 0 Å². The molecule has 0 amide bonds. The molecule has 0 fully saturated rings. The molecule has 0 N–H and O–H groups in total. The number of unbranched alkanes of at least 4 members (excludes halogenated alkanes) is 2. The van der Waals surface area contributed by atoms with Gasteiger partial charge in [-0.3, -0.25) is 4.79 Å². The highest BCUT2D eigenvalue weighted by molar-refractivity contribution is 5.97. The molecule has 0 saturated carbocycles. The molecule has 1 aromatic rings. The molecule has 0 spiro atoms. The van der Waals surface area contributed by atoms with Crippen LogP contribution in [0.25, 0.3) is 0 Å². The summed E-state index contributed by atoms with van der Waals surface area (Å²) in [5.74, 6) is 0.782. The summed E-state index contributed by atoms with van der Waals surface area (Å²) in [7, 11) is 0. The first kappa shape index (κ1) is 13.8. The van der Waals surface area contributed by atoms with Crippen LogP contribution in [0.4, 0.5) is 0 Å². The molecule has 2 nitrogen and oxygen atoms in total. The Morgan fingerprint density at radius 1 is 1.24 bits per heavy atom. The van der Waals surface area contributed by atoms with Gasteiger partial charge in [-0.1, -0.05) is 25.8 Å². The van der Waals surface area contributed by atoms with Crippen LogP contribution in [-0.2, 0) is 6.42 Å². The first-order chi connectivity index (χ1) is 8.19. The van der Waals surface area contributed by atoms with Gasteiger partial charge in [-0.15, -0.1) is 0 Å². The standard InChI is InChI=1S/C15H22O2/c1-4-6-7-8-13-9-10-15(17-5-2)14(11-13)12(3)16/h9-11H,4-8H2,1-3H3. The molecule has 0 atom stereocenters. The highest BCUT2D eigenvalue weighted by Gasteiger charge is 2.09. The third kappa shape index (κ3) is 4.22. The zero-order valence-electron chi connectivity index (χ0n) is 11.1. The lowest BCUT2D eigenvalue weighted by Crippen LogP contribution is -2.02. The van der Waals surface area contributed by atoms with Crippen molar-refractivity contribution in [2.75, 3.05) is 6.61 Å². The molecule has 0 unspecified atom stereocenters. The molecule has 0 saturated heterocycles. The van der Waals surface area contributed by atoms with Gasteiger partial charge in [0.15, 0.2) is 5.78 Å². The molecule has 0 aliphatic carbocycles. The van der Waals surface area contributed by atoms with E-state index in [1.165, 1.54) is 24.8 Å². The maximum Gasteiger partial charge on any atom is 0.163 e. The Morgan fingerprint density at radius 2 is 2.00 bits per heavy atom. The van der Waals surface area contributed by atoms with E-state index < -0.39 is 0 Å². The monoisotopic (exact) mass is 234 g/mol. The number of Topliss-reactive ketones (excluding diaryl/α,β-unsaturated/α-hetero) is 1. The van der Waals surface area contributed by atoms with Crippen LogP contribution >= 0.6 is 0 Å². The highest BCUT2D eigenvalue weighted by atomic mass is 16.5. The maximum absolute atomic E-state index is 11.5. The molecular formula is C15H22O2. The van der Waals surface area contributed by atoms with E-state index in [-0.39, 0.29) is 5.78 Å². The van der Waals surface area contributed by atoms with Crippen LogP contribution in [0.3, 0.4) is 0 Å². The van der Waals surface area contributed by atoms with Crippen LogP contribution in [0.15, 0.2) is 18.2 Å². The Morgan fingerprint density at radius 3 is 2.59 bits per heavy atom. The van der Waals surface area contributed by atoms with Crippen molar-refractivity contribution in [3.8, 4) is 5.75 Å². The lowest BCUT2D eigenvalue weighted by Gasteiger charge is -2.10. The van der Waals surface area contributed by atoms with E-state index >= 15 is 0 Å². The minimum Gasteiger partial charge on any atom is -0.493 e. The Hall–Kier alpha value is -1.31. The fraction of sp³-hybridized carbons (Fsp3) is 0.533. The summed E-state index contributed by atoms with van der Waals surface area (Å²) >= 11 is 0. The highest BCUT2D eigenvalue weighted by Crippen LogP contribution is 2.22. The smallest absolute Gasteiger partial charge is 0.163 e. The van der Waals surface area contributed by atoms with Crippen molar-refractivity contribution in [3.63, 3.8) is 0 Å². The van der Waals surface area contributed by atoms with Crippen molar-refractivity contribution in [2.45, 2.75) is 46.5 Å². The van der Waals surface area contributed by atoms with Crippen molar-refractivity contribution in [1.29, 1.82) is 0 Å². The van der Waals surface area contributed by atoms with Crippen LogP contribution in [0, 0.1) is 0 Å². The molecule has 1 aromatic carbocycles. The van der Waals surface area contributed by atoms with Gasteiger partial charge in [0, 0.05) is 0 Å². The van der Waals surface area contributed by atoms with Crippen LogP contribution < -0.4 is 4.74 Å². The van der Waals surface area contributed by atoms with E-state index in [2.05, 4.69) is 13.0 Å². The number of ether oxygens (including phenoxy) is 1. The van der Waals surface area contributed by atoms with E-state index in [4.69, 9.17) is 4.74 Å². The van der Waals surface area contributed by atoms with Crippen LogP contribution in [0.1, 0.15) is 56.0 Å². The van der Waals surface area contributed by atoms with Crippen molar-refractivity contribution >= 4 is 5.78 Å². The second-order valence-corrected chi connectivity index (χ2v) is 4.28. The third-order valence-corrected chi connectivity index (χ3v) is 2.79. The van der Waals surface area contributed by atoms with E-state index in [0.717, 1.165) is 6.42 Å². The maximum atomic E-state index is 11.5. The van der Waals surface area contributed by atoms with E-state index in [1.807, 2.05) is 19.1 Å². The fourth-order valence-electron chi connectivity index (χ4n) is 1.87. The molecule has 1 rings (SSSR count). The number of benzene rings is 1. The minimum atomic E-state index is 0.0748.